The summed E-state index contributed by atoms with van der Waals surface area (Å²) in [4.78, 5) is 25.4. The van der Waals surface area contributed by atoms with Gasteiger partial charge in [-0.25, -0.2) is 8.78 Å². The van der Waals surface area contributed by atoms with E-state index in [-0.39, 0.29) is 11.8 Å². The molecule has 0 radical (unpaired) electrons. The minimum atomic E-state index is -0.743. The summed E-state index contributed by atoms with van der Waals surface area (Å²) in [6.07, 6.45) is 0.830. The summed E-state index contributed by atoms with van der Waals surface area (Å²) in [7, 11) is 1.43. The molecule has 3 aromatic rings. The molecule has 30 heavy (non-hydrogen) atoms. The topological polar surface area (TPSA) is 77.6 Å². The highest BCUT2D eigenvalue weighted by molar-refractivity contribution is 5.96. The van der Waals surface area contributed by atoms with Crippen LogP contribution >= 0.6 is 0 Å². The van der Waals surface area contributed by atoms with E-state index >= 15 is 0 Å². The first kappa shape index (κ1) is 19.8. The Balaban J connectivity index is 1.67. The molecule has 1 saturated heterocycles. The number of piperidine rings is 1. The van der Waals surface area contributed by atoms with Crippen LogP contribution in [0.1, 0.15) is 12.8 Å². The Kier molecular flexibility index (Phi) is 5.11. The maximum atomic E-state index is 14.0. The van der Waals surface area contributed by atoms with Gasteiger partial charge < -0.3 is 14.2 Å². The van der Waals surface area contributed by atoms with E-state index in [0.717, 1.165) is 4.57 Å². The van der Waals surface area contributed by atoms with Crippen LogP contribution in [0.4, 0.5) is 20.2 Å². The molecule has 9 heteroatoms. The van der Waals surface area contributed by atoms with Crippen LogP contribution in [-0.4, -0.2) is 28.7 Å². The minimum absolute atomic E-state index is 0.127. The lowest BCUT2D eigenvalue weighted by Gasteiger charge is -2.34. The first-order valence-electron chi connectivity index (χ1n) is 9.49. The van der Waals surface area contributed by atoms with E-state index in [9.17, 15) is 23.7 Å². The zero-order valence-corrected chi connectivity index (χ0v) is 16.2. The van der Waals surface area contributed by atoms with Gasteiger partial charge in [0.15, 0.2) is 0 Å². The molecule has 0 amide bonds. The highest BCUT2D eigenvalue weighted by Crippen LogP contribution is 2.35. The number of nitro groups is 1. The van der Waals surface area contributed by atoms with Gasteiger partial charge in [0.1, 0.15) is 29.2 Å². The normalized spacial score (nSPS) is 14.8. The monoisotopic (exact) mass is 415 g/mol. The number of ether oxygens (including phenoxy) is 1. The van der Waals surface area contributed by atoms with Gasteiger partial charge in [-0.1, -0.05) is 6.07 Å². The molecule has 7 nitrogen and oxygen atoms in total. The number of hydrogen-bond acceptors (Lipinski definition) is 5. The molecule has 4 rings (SSSR count). The first-order valence-corrected chi connectivity index (χ1v) is 9.49. The number of halogens is 2. The van der Waals surface area contributed by atoms with Gasteiger partial charge >= 0.3 is 11.2 Å². The summed E-state index contributed by atoms with van der Waals surface area (Å²) in [5, 5.41) is 12.0. The predicted octanol–water partition coefficient (Wildman–Crippen LogP) is 3.77. The van der Waals surface area contributed by atoms with Crippen molar-refractivity contribution < 1.29 is 18.4 Å². The zero-order chi connectivity index (χ0) is 21.4. The Morgan fingerprint density at radius 2 is 1.80 bits per heavy atom. The van der Waals surface area contributed by atoms with Crippen molar-refractivity contribution in [3.05, 3.63) is 74.6 Å². The van der Waals surface area contributed by atoms with Crippen LogP contribution in [0.2, 0.25) is 0 Å². The number of benzene rings is 2. The molecule has 1 fully saturated rings. The molecule has 0 unspecified atom stereocenters. The third-order valence-electron chi connectivity index (χ3n) is 5.35. The highest BCUT2D eigenvalue weighted by atomic mass is 19.1. The molecule has 1 aliphatic rings. The number of fused-ring (bicyclic) bond motifs is 1. The summed E-state index contributed by atoms with van der Waals surface area (Å²) < 4.78 is 34.3. The molecule has 156 valence electrons. The maximum absolute atomic E-state index is 14.0. The molecule has 2 heterocycles. The van der Waals surface area contributed by atoms with Crippen molar-refractivity contribution in [2.45, 2.75) is 18.9 Å². The molecule has 0 spiro atoms. The van der Waals surface area contributed by atoms with Crippen molar-refractivity contribution in [3.8, 4) is 5.75 Å². The quantitative estimate of drug-likeness (QED) is 0.479. The van der Waals surface area contributed by atoms with Crippen LogP contribution in [-0.2, 0) is 7.05 Å². The number of hydrogen-bond donors (Lipinski definition) is 0. The lowest BCUT2D eigenvalue weighted by atomic mass is 10.0. The third kappa shape index (κ3) is 3.58. The van der Waals surface area contributed by atoms with E-state index in [1.165, 1.54) is 37.4 Å². The summed E-state index contributed by atoms with van der Waals surface area (Å²) in [6, 6.07) is 9.73. The maximum Gasteiger partial charge on any atom is 0.357 e. The Morgan fingerprint density at radius 3 is 2.47 bits per heavy atom. The molecule has 0 bridgehead atoms. The molecule has 0 saturated carbocycles. The number of anilines is 1. The summed E-state index contributed by atoms with van der Waals surface area (Å²) in [5.74, 6) is -0.518. The molecular weight excluding hydrogens is 396 g/mol. The molecule has 2 aromatic carbocycles. The van der Waals surface area contributed by atoms with Crippen molar-refractivity contribution in [2.24, 2.45) is 7.05 Å². The Labute approximate surface area is 170 Å². The SMILES string of the molecule is Cn1c(=O)c([N+](=O)[O-])c(N2CCC(Oc3cccc(F)c3)CC2)c2cc(F)ccc21. The molecule has 1 aliphatic heterocycles. The first-order chi connectivity index (χ1) is 14.3. The van der Waals surface area contributed by atoms with Crippen molar-refractivity contribution >= 4 is 22.3 Å². The van der Waals surface area contributed by atoms with Gasteiger partial charge in [-0.15, -0.1) is 0 Å². The van der Waals surface area contributed by atoms with E-state index in [0.29, 0.717) is 42.6 Å². The Morgan fingerprint density at radius 1 is 1.10 bits per heavy atom. The second-order valence-corrected chi connectivity index (χ2v) is 7.24. The van der Waals surface area contributed by atoms with Crippen LogP contribution in [0.15, 0.2) is 47.3 Å². The van der Waals surface area contributed by atoms with Gasteiger partial charge in [-0.2, -0.15) is 0 Å². The molecule has 0 atom stereocenters. The van der Waals surface area contributed by atoms with Crippen LogP contribution in [0, 0.1) is 21.7 Å². The van der Waals surface area contributed by atoms with Crippen LogP contribution in [0.25, 0.3) is 10.9 Å². The number of nitrogens with zero attached hydrogens (tertiary/aromatic N) is 3. The lowest BCUT2D eigenvalue weighted by Crippen LogP contribution is -2.39. The van der Waals surface area contributed by atoms with Crippen molar-refractivity contribution in [2.75, 3.05) is 18.0 Å². The second-order valence-electron chi connectivity index (χ2n) is 7.24. The third-order valence-corrected chi connectivity index (χ3v) is 5.35. The average molecular weight is 415 g/mol. The van der Waals surface area contributed by atoms with Crippen LogP contribution < -0.4 is 15.2 Å². The van der Waals surface area contributed by atoms with E-state index in [1.807, 2.05) is 0 Å². The number of aromatic nitrogens is 1. The summed E-state index contributed by atoms with van der Waals surface area (Å²) in [5.41, 5.74) is -0.769. The van der Waals surface area contributed by atoms with Gasteiger partial charge in [0.25, 0.3) is 0 Å². The average Bonchev–Trinajstić information content (AvgIpc) is 2.71. The fourth-order valence-electron chi connectivity index (χ4n) is 3.90. The van der Waals surface area contributed by atoms with E-state index in [1.54, 1.807) is 17.0 Å². The largest absolute Gasteiger partial charge is 0.490 e. The minimum Gasteiger partial charge on any atom is -0.490 e. The smallest absolute Gasteiger partial charge is 0.357 e. The standard InChI is InChI=1S/C21H19F2N3O4/c1-24-18-6-5-14(23)12-17(18)19(20(21(24)27)26(28)29)25-9-7-15(8-10-25)30-16-4-2-3-13(22)11-16/h2-6,11-12,15H,7-10H2,1H3. The zero-order valence-electron chi connectivity index (χ0n) is 16.2. The van der Waals surface area contributed by atoms with E-state index < -0.39 is 27.8 Å². The van der Waals surface area contributed by atoms with Gasteiger partial charge in [0.05, 0.1) is 10.4 Å². The fourth-order valence-corrected chi connectivity index (χ4v) is 3.90. The second kappa shape index (κ2) is 7.74. The van der Waals surface area contributed by atoms with Crippen molar-refractivity contribution in [1.82, 2.24) is 4.57 Å². The molecule has 1 aromatic heterocycles. The fraction of sp³-hybridized carbons (Fsp3) is 0.286. The Bertz CT molecular complexity index is 1190. The van der Waals surface area contributed by atoms with Gasteiger partial charge in [0, 0.05) is 44.4 Å². The van der Waals surface area contributed by atoms with Crippen LogP contribution in [0.5, 0.6) is 5.75 Å². The highest BCUT2D eigenvalue weighted by Gasteiger charge is 2.31. The van der Waals surface area contributed by atoms with Gasteiger partial charge in [-0.05, 0) is 30.3 Å². The summed E-state index contributed by atoms with van der Waals surface area (Å²) in [6.45, 7) is 0.749. The number of rotatable bonds is 4. The van der Waals surface area contributed by atoms with Crippen molar-refractivity contribution in [1.29, 1.82) is 0 Å². The molecule has 0 N–H and O–H groups in total. The lowest BCUT2D eigenvalue weighted by molar-refractivity contribution is -0.385. The molecule has 0 aliphatic carbocycles. The number of pyridine rings is 1. The van der Waals surface area contributed by atoms with Gasteiger partial charge in [0.2, 0.25) is 0 Å². The Hall–Kier alpha value is -3.49. The molecular formula is C21H19F2N3O4. The van der Waals surface area contributed by atoms with E-state index in [2.05, 4.69) is 0 Å². The van der Waals surface area contributed by atoms with Gasteiger partial charge in [-0.3, -0.25) is 14.9 Å². The summed E-state index contributed by atoms with van der Waals surface area (Å²) >= 11 is 0. The van der Waals surface area contributed by atoms with E-state index in [4.69, 9.17) is 4.74 Å². The van der Waals surface area contributed by atoms with Crippen molar-refractivity contribution in [3.63, 3.8) is 0 Å². The van der Waals surface area contributed by atoms with Crippen LogP contribution in [0.3, 0.4) is 0 Å². The number of aryl methyl sites for hydroxylation is 1. The predicted molar refractivity (Wildman–Crippen MR) is 108 cm³/mol.